The predicted octanol–water partition coefficient (Wildman–Crippen LogP) is 6.64. The van der Waals surface area contributed by atoms with Crippen LogP contribution in [0.5, 0.6) is 11.5 Å². The number of rotatable bonds is 8. The molecule has 1 heterocycles. The molecule has 11 heteroatoms. The number of para-hydroxylation sites is 1. The summed E-state index contributed by atoms with van der Waals surface area (Å²) in [6.07, 6.45) is 0. The van der Waals surface area contributed by atoms with Crippen molar-refractivity contribution in [1.29, 1.82) is 0 Å². The molecular formula is C28H27Cl3N4O4. The summed E-state index contributed by atoms with van der Waals surface area (Å²) in [5.74, 6) is 0.830. The van der Waals surface area contributed by atoms with Crippen molar-refractivity contribution in [2.45, 2.75) is 13.5 Å². The third kappa shape index (κ3) is 7.23. The highest BCUT2D eigenvalue weighted by Crippen LogP contribution is 2.35. The number of aryl methyl sites for hydroxylation is 1. The molecule has 0 radical (unpaired) electrons. The van der Waals surface area contributed by atoms with E-state index in [1.165, 1.54) is 12.0 Å². The molecule has 0 aliphatic rings. The molecule has 0 saturated heterocycles. The lowest BCUT2D eigenvalue weighted by atomic mass is 10.1. The first-order valence-corrected chi connectivity index (χ1v) is 12.4. The summed E-state index contributed by atoms with van der Waals surface area (Å²) in [7, 11) is 3.11. The van der Waals surface area contributed by atoms with E-state index >= 15 is 0 Å². The Hall–Kier alpha value is -3.72. The van der Waals surface area contributed by atoms with E-state index in [1.807, 2.05) is 37.3 Å². The number of halogens is 3. The van der Waals surface area contributed by atoms with Crippen LogP contribution in [0.25, 0.3) is 10.9 Å². The van der Waals surface area contributed by atoms with Gasteiger partial charge < -0.3 is 25.0 Å². The van der Waals surface area contributed by atoms with Gasteiger partial charge in [-0.2, -0.15) is 0 Å². The molecule has 0 bridgehead atoms. The summed E-state index contributed by atoms with van der Waals surface area (Å²) in [5, 5.41) is 6.84. The molecule has 1 aromatic heterocycles. The molecule has 0 atom stereocenters. The van der Waals surface area contributed by atoms with E-state index in [9.17, 15) is 9.59 Å². The second-order valence-corrected chi connectivity index (χ2v) is 9.19. The van der Waals surface area contributed by atoms with Crippen LogP contribution in [0.1, 0.15) is 11.3 Å². The number of nitrogens with zero attached hydrogens (tertiary/aromatic N) is 2. The molecule has 204 valence electrons. The number of benzene rings is 3. The number of carbonyl (C=O) groups excluding carboxylic acids is 2. The molecular weight excluding hydrogens is 563 g/mol. The Morgan fingerprint density at radius 1 is 1.03 bits per heavy atom. The van der Waals surface area contributed by atoms with Crippen LogP contribution in [0, 0.1) is 6.92 Å². The lowest BCUT2D eigenvalue weighted by Gasteiger charge is -2.21. The first-order valence-electron chi connectivity index (χ1n) is 11.7. The van der Waals surface area contributed by atoms with E-state index in [4.69, 9.17) is 32.7 Å². The zero-order valence-corrected chi connectivity index (χ0v) is 23.8. The van der Waals surface area contributed by atoms with Crippen LogP contribution in [-0.4, -0.2) is 37.6 Å². The van der Waals surface area contributed by atoms with Crippen molar-refractivity contribution in [1.82, 2.24) is 10.3 Å². The minimum absolute atomic E-state index is 0. The summed E-state index contributed by atoms with van der Waals surface area (Å²) in [6.45, 7) is 1.69. The number of likely N-dealkylation sites (N-methyl/N-ethyl adjacent to an activating group) is 1. The van der Waals surface area contributed by atoms with Crippen LogP contribution in [-0.2, 0) is 11.4 Å². The van der Waals surface area contributed by atoms with Crippen molar-refractivity contribution in [2.75, 3.05) is 30.9 Å². The first kappa shape index (κ1) is 29.8. The molecule has 3 aromatic carbocycles. The molecule has 0 aliphatic carbocycles. The molecule has 2 N–H and O–H groups in total. The van der Waals surface area contributed by atoms with Gasteiger partial charge in [-0.1, -0.05) is 47.5 Å². The second kappa shape index (κ2) is 13.4. The van der Waals surface area contributed by atoms with Crippen molar-refractivity contribution in [3.05, 3.63) is 88.0 Å². The Morgan fingerprint density at radius 2 is 1.79 bits per heavy atom. The van der Waals surface area contributed by atoms with Gasteiger partial charge in [0, 0.05) is 34.8 Å². The van der Waals surface area contributed by atoms with Crippen LogP contribution in [0.2, 0.25) is 10.0 Å². The Morgan fingerprint density at radius 3 is 2.56 bits per heavy atom. The lowest BCUT2D eigenvalue weighted by Crippen LogP contribution is -2.40. The van der Waals surface area contributed by atoms with Gasteiger partial charge in [-0.3, -0.25) is 4.79 Å². The summed E-state index contributed by atoms with van der Waals surface area (Å²) < 4.78 is 11.2. The van der Waals surface area contributed by atoms with Crippen molar-refractivity contribution in [3.63, 3.8) is 0 Å². The molecule has 0 aliphatic heterocycles. The number of aromatic nitrogens is 1. The SMILES string of the molecule is COc1cccc(NC(=O)NCC(=O)N(C)c2ccc(Cl)c(COc3cc4ccccc4nc3C)c2Cl)c1.Cl. The maximum atomic E-state index is 12.8. The molecule has 0 unspecified atom stereocenters. The van der Waals surface area contributed by atoms with Gasteiger partial charge in [0.05, 0.1) is 35.6 Å². The van der Waals surface area contributed by atoms with Gasteiger partial charge in [0.15, 0.2) is 0 Å². The Balaban J connectivity index is 0.00000420. The lowest BCUT2D eigenvalue weighted by molar-refractivity contribution is -0.117. The van der Waals surface area contributed by atoms with Crippen LogP contribution in [0.15, 0.2) is 66.7 Å². The van der Waals surface area contributed by atoms with E-state index in [-0.39, 0.29) is 36.5 Å². The Labute approximate surface area is 242 Å². The number of ether oxygens (including phenoxy) is 2. The molecule has 0 saturated carbocycles. The first-order chi connectivity index (χ1) is 18.3. The van der Waals surface area contributed by atoms with Crippen molar-refractivity contribution < 1.29 is 19.1 Å². The number of urea groups is 1. The van der Waals surface area contributed by atoms with Gasteiger partial charge in [0.1, 0.15) is 18.1 Å². The zero-order chi connectivity index (χ0) is 27.2. The van der Waals surface area contributed by atoms with Crippen molar-refractivity contribution in [2.24, 2.45) is 0 Å². The minimum Gasteiger partial charge on any atom is -0.497 e. The number of carbonyl (C=O) groups is 2. The van der Waals surface area contributed by atoms with Gasteiger partial charge in [0.25, 0.3) is 0 Å². The Kier molecular flexibility index (Phi) is 10.2. The highest BCUT2D eigenvalue weighted by Gasteiger charge is 2.19. The minimum atomic E-state index is -0.532. The zero-order valence-electron chi connectivity index (χ0n) is 21.5. The summed E-state index contributed by atoms with van der Waals surface area (Å²) in [5.41, 5.74) is 3.11. The number of fused-ring (bicyclic) bond motifs is 1. The fourth-order valence-electron chi connectivity index (χ4n) is 3.75. The third-order valence-corrected chi connectivity index (χ3v) is 6.64. The molecule has 0 spiro atoms. The van der Waals surface area contributed by atoms with Crippen molar-refractivity contribution in [3.8, 4) is 11.5 Å². The van der Waals surface area contributed by atoms with Crippen LogP contribution >= 0.6 is 35.6 Å². The maximum absolute atomic E-state index is 12.8. The van der Waals surface area contributed by atoms with Gasteiger partial charge in [-0.05, 0) is 43.3 Å². The standard InChI is InChI=1S/C28H26Cl2N4O4.ClH/c1-17-25(13-18-7-4-5-10-23(18)32-17)38-16-21-22(29)11-12-24(27(21)30)34(2)26(35)15-31-28(36)33-19-8-6-9-20(14-19)37-3;/h4-14H,15-16H2,1-3H3,(H2,31,33,36);1H. The highest BCUT2D eigenvalue weighted by molar-refractivity contribution is 6.38. The normalized spacial score (nSPS) is 10.4. The Bertz CT molecular complexity index is 1500. The van der Waals surface area contributed by atoms with Gasteiger partial charge in [0.2, 0.25) is 5.91 Å². The van der Waals surface area contributed by atoms with E-state index in [0.717, 1.165) is 16.6 Å². The maximum Gasteiger partial charge on any atom is 0.319 e. The number of methoxy groups -OCH3 is 1. The number of pyridine rings is 1. The monoisotopic (exact) mass is 588 g/mol. The molecule has 0 fully saturated rings. The van der Waals surface area contributed by atoms with E-state index in [0.29, 0.717) is 33.5 Å². The molecule has 8 nitrogen and oxygen atoms in total. The van der Waals surface area contributed by atoms with Gasteiger partial charge in [-0.25, -0.2) is 9.78 Å². The largest absolute Gasteiger partial charge is 0.497 e. The van der Waals surface area contributed by atoms with Crippen LogP contribution in [0.4, 0.5) is 16.2 Å². The molecule has 4 aromatic rings. The number of hydrogen-bond donors (Lipinski definition) is 2. The predicted molar refractivity (Wildman–Crippen MR) is 158 cm³/mol. The van der Waals surface area contributed by atoms with Gasteiger partial charge >= 0.3 is 6.03 Å². The number of nitrogens with one attached hydrogen (secondary N) is 2. The van der Waals surface area contributed by atoms with Gasteiger partial charge in [-0.15, -0.1) is 12.4 Å². The van der Waals surface area contributed by atoms with E-state index in [1.54, 1.807) is 43.4 Å². The topological polar surface area (TPSA) is 92.8 Å². The summed E-state index contributed by atoms with van der Waals surface area (Å²) in [6, 6.07) is 19.3. The summed E-state index contributed by atoms with van der Waals surface area (Å²) >= 11 is 13.1. The quantitative estimate of drug-likeness (QED) is 0.240. The number of anilines is 2. The average Bonchev–Trinajstić information content (AvgIpc) is 2.91. The highest BCUT2D eigenvalue weighted by atomic mass is 35.5. The van der Waals surface area contributed by atoms with Crippen LogP contribution < -0.4 is 25.0 Å². The fraction of sp³-hybridized carbons (Fsp3) is 0.179. The fourth-order valence-corrected chi connectivity index (χ4v) is 4.36. The second-order valence-electron chi connectivity index (χ2n) is 8.40. The van der Waals surface area contributed by atoms with E-state index < -0.39 is 6.03 Å². The molecule has 3 amide bonds. The molecule has 39 heavy (non-hydrogen) atoms. The number of amides is 3. The smallest absolute Gasteiger partial charge is 0.319 e. The summed E-state index contributed by atoms with van der Waals surface area (Å²) in [4.78, 5) is 31.0. The molecule has 4 rings (SSSR count). The van der Waals surface area contributed by atoms with Crippen molar-refractivity contribution >= 4 is 69.8 Å². The van der Waals surface area contributed by atoms with Crippen LogP contribution in [0.3, 0.4) is 0 Å². The number of hydrogen-bond acceptors (Lipinski definition) is 5. The van der Waals surface area contributed by atoms with E-state index in [2.05, 4.69) is 15.6 Å². The average molecular weight is 590 g/mol. The third-order valence-electron chi connectivity index (χ3n) is 5.87.